The molecule has 7 nitrogen and oxygen atoms in total. The van der Waals surface area contributed by atoms with Gasteiger partial charge >= 0.3 is 0 Å². The molecule has 0 aliphatic carbocycles. The van der Waals surface area contributed by atoms with Crippen LogP contribution < -0.4 is 0 Å². The summed E-state index contributed by atoms with van der Waals surface area (Å²) >= 11 is 0. The molecule has 3 heterocycles. The van der Waals surface area contributed by atoms with Crippen LogP contribution in [0.1, 0.15) is 29.7 Å². The van der Waals surface area contributed by atoms with Crippen LogP contribution in [0.15, 0.2) is 42.6 Å². The standard InChI is InChI=1S/C19H22N6O/c1-2-25-16(8-10-20-25)19(26)24-11-9-14(13-24)12-17-21-18(23-22-17)15-6-4-3-5-7-15/h3-8,10,14H,2,9,11-13H2,1H3,(H,21,22,23). The zero-order valence-electron chi connectivity index (χ0n) is 14.8. The Morgan fingerprint density at radius 2 is 2.12 bits per heavy atom. The molecule has 1 unspecified atom stereocenters. The lowest BCUT2D eigenvalue weighted by Gasteiger charge is -2.16. The summed E-state index contributed by atoms with van der Waals surface area (Å²) in [7, 11) is 0. The first-order valence-electron chi connectivity index (χ1n) is 9.02. The highest BCUT2D eigenvalue weighted by Gasteiger charge is 2.29. The first-order chi connectivity index (χ1) is 12.7. The van der Waals surface area contributed by atoms with Crippen LogP contribution >= 0.6 is 0 Å². The first-order valence-corrected chi connectivity index (χ1v) is 9.02. The average molecular weight is 350 g/mol. The Bertz CT molecular complexity index is 884. The van der Waals surface area contributed by atoms with Crippen LogP contribution in [0.5, 0.6) is 0 Å². The van der Waals surface area contributed by atoms with E-state index in [0.717, 1.165) is 43.1 Å². The smallest absolute Gasteiger partial charge is 0.272 e. The third-order valence-corrected chi connectivity index (χ3v) is 4.85. The van der Waals surface area contributed by atoms with Crippen molar-refractivity contribution in [1.82, 2.24) is 29.9 Å². The minimum Gasteiger partial charge on any atom is -0.337 e. The van der Waals surface area contributed by atoms with E-state index >= 15 is 0 Å². The van der Waals surface area contributed by atoms with E-state index in [2.05, 4.69) is 20.3 Å². The topological polar surface area (TPSA) is 79.7 Å². The summed E-state index contributed by atoms with van der Waals surface area (Å²) in [5.41, 5.74) is 1.67. The van der Waals surface area contributed by atoms with Crippen molar-refractivity contribution in [3.8, 4) is 11.4 Å². The minimum absolute atomic E-state index is 0.0643. The van der Waals surface area contributed by atoms with Crippen LogP contribution in [0.2, 0.25) is 0 Å². The molecule has 134 valence electrons. The predicted molar refractivity (Wildman–Crippen MR) is 97.4 cm³/mol. The molecule has 0 radical (unpaired) electrons. The van der Waals surface area contributed by atoms with Crippen LogP contribution in [-0.2, 0) is 13.0 Å². The largest absolute Gasteiger partial charge is 0.337 e. The van der Waals surface area contributed by atoms with Crippen LogP contribution in [-0.4, -0.2) is 48.9 Å². The summed E-state index contributed by atoms with van der Waals surface area (Å²) in [6.45, 7) is 4.21. The quantitative estimate of drug-likeness (QED) is 0.766. The van der Waals surface area contributed by atoms with Gasteiger partial charge in [0.2, 0.25) is 0 Å². The monoisotopic (exact) mass is 350 g/mol. The van der Waals surface area contributed by atoms with Gasteiger partial charge in [0.05, 0.1) is 0 Å². The molecule has 0 bridgehead atoms. The highest BCUT2D eigenvalue weighted by atomic mass is 16.2. The van der Waals surface area contributed by atoms with Crippen molar-refractivity contribution in [2.24, 2.45) is 5.92 Å². The number of rotatable bonds is 5. The number of nitrogens with one attached hydrogen (secondary N) is 1. The molecular formula is C19H22N6O. The molecule has 1 amide bonds. The second-order valence-corrected chi connectivity index (χ2v) is 6.61. The van der Waals surface area contributed by atoms with E-state index in [-0.39, 0.29) is 5.91 Å². The molecule has 0 saturated carbocycles. The maximum absolute atomic E-state index is 12.7. The van der Waals surface area contributed by atoms with Gasteiger partial charge in [-0.05, 0) is 25.3 Å². The number of aromatic amines is 1. The minimum atomic E-state index is 0.0643. The molecule has 1 aliphatic rings. The molecule has 0 spiro atoms. The van der Waals surface area contributed by atoms with Gasteiger partial charge < -0.3 is 4.90 Å². The Morgan fingerprint density at radius 3 is 2.92 bits per heavy atom. The average Bonchev–Trinajstić information content (AvgIpc) is 3.43. The molecular weight excluding hydrogens is 328 g/mol. The van der Waals surface area contributed by atoms with Crippen molar-refractivity contribution in [3.63, 3.8) is 0 Å². The van der Waals surface area contributed by atoms with Crippen molar-refractivity contribution in [3.05, 3.63) is 54.1 Å². The fraction of sp³-hybridized carbons (Fsp3) is 0.368. The number of likely N-dealkylation sites (tertiary alicyclic amines) is 1. The van der Waals surface area contributed by atoms with Gasteiger partial charge in [0.1, 0.15) is 11.5 Å². The third-order valence-electron chi connectivity index (χ3n) is 4.85. The van der Waals surface area contributed by atoms with E-state index in [4.69, 9.17) is 0 Å². The van der Waals surface area contributed by atoms with Gasteiger partial charge in [-0.2, -0.15) is 10.2 Å². The molecule has 1 aliphatic heterocycles. The van der Waals surface area contributed by atoms with E-state index < -0.39 is 0 Å². The lowest BCUT2D eigenvalue weighted by molar-refractivity contribution is 0.0774. The van der Waals surface area contributed by atoms with Crippen LogP contribution in [0.3, 0.4) is 0 Å². The fourth-order valence-electron chi connectivity index (χ4n) is 3.49. The maximum Gasteiger partial charge on any atom is 0.272 e. The Morgan fingerprint density at radius 1 is 1.27 bits per heavy atom. The molecule has 4 rings (SSSR count). The summed E-state index contributed by atoms with van der Waals surface area (Å²) in [6.07, 6.45) is 3.47. The van der Waals surface area contributed by atoms with E-state index in [0.29, 0.717) is 18.2 Å². The Balaban J connectivity index is 1.39. The lowest BCUT2D eigenvalue weighted by atomic mass is 10.1. The van der Waals surface area contributed by atoms with Crippen LogP contribution in [0, 0.1) is 5.92 Å². The van der Waals surface area contributed by atoms with Gasteiger partial charge in [0, 0.05) is 37.8 Å². The van der Waals surface area contributed by atoms with Crippen molar-refractivity contribution in [1.29, 1.82) is 0 Å². The summed E-state index contributed by atoms with van der Waals surface area (Å²) in [5.74, 6) is 2.06. The SMILES string of the molecule is CCn1nccc1C(=O)N1CCC(Cc2nc(-c3ccccc3)n[nH]2)C1. The zero-order chi connectivity index (χ0) is 17.9. The lowest BCUT2D eigenvalue weighted by Crippen LogP contribution is -2.30. The van der Waals surface area contributed by atoms with Crippen molar-refractivity contribution >= 4 is 5.91 Å². The van der Waals surface area contributed by atoms with Crippen molar-refractivity contribution in [2.75, 3.05) is 13.1 Å². The highest BCUT2D eigenvalue weighted by Crippen LogP contribution is 2.22. The number of amides is 1. The third kappa shape index (κ3) is 3.24. The zero-order valence-corrected chi connectivity index (χ0v) is 14.8. The summed E-state index contributed by atoms with van der Waals surface area (Å²) < 4.78 is 1.75. The van der Waals surface area contributed by atoms with Gasteiger partial charge in [0.25, 0.3) is 5.91 Å². The normalized spacial score (nSPS) is 17.0. The number of aryl methyl sites for hydroxylation is 1. The molecule has 1 N–H and O–H groups in total. The number of hydrogen-bond donors (Lipinski definition) is 1. The van der Waals surface area contributed by atoms with E-state index in [1.807, 2.05) is 42.2 Å². The van der Waals surface area contributed by atoms with Crippen LogP contribution in [0.25, 0.3) is 11.4 Å². The van der Waals surface area contributed by atoms with Gasteiger partial charge in [0.15, 0.2) is 5.82 Å². The Kier molecular flexibility index (Phi) is 4.51. The summed E-state index contributed by atoms with van der Waals surface area (Å²) in [6, 6.07) is 11.7. The van der Waals surface area contributed by atoms with Gasteiger partial charge in [-0.3, -0.25) is 14.6 Å². The van der Waals surface area contributed by atoms with Crippen molar-refractivity contribution in [2.45, 2.75) is 26.3 Å². The fourth-order valence-corrected chi connectivity index (χ4v) is 3.49. The number of aromatic nitrogens is 5. The van der Waals surface area contributed by atoms with Crippen LogP contribution in [0.4, 0.5) is 0 Å². The molecule has 1 fully saturated rings. The number of hydrogen-bond acceptors (Lipinski definition) is 4. The Labute approximate surface area is 152 Å². The molecule has 1 atom stereocenters. The molecule has 3 aromatic rings. The molecule has 7 heteroatoms. The van der Waals surface area contributed by atoms with E-state index in [9.17, 15) is 4.79 Å². The number of carbonyl (C=O) groups excluding carboxylic acids is 1. The van der Waals surface area contributed by atoms with Crippen molar-refractivity contribution < 1.29 is 4.79 Å². The molecule has 1 saturated heterocycles. The van der Waals surface area contributed by atoms with E-state index in [1.54, 1.807) is 16.9 Å². The number of carbonyl (C=O) groups is 1. The molecule has 1 aromatic carbocycles. The number of nitrogens with zero attached hydrogens (tertiary/aromatic N) is 5. The molecule has 26 heavy (non-hydrogen) atoms. The number of benzene rings is 1. The maximum atomic E-state index is 12.7. The number of H-pyrrole nitrogens is 1. The first kappa shape index (κ1) is 16.5. The highest BCUT2D eigenvalue weighted by molar-refractivity contribution is 5.92. The van der Waals surface area contributed by atoms with Gasteiger partial charge in [-0.15, -0.1) is 0 Å². The second-order valence-electron chi connectivity index (χ2n) is 6.61. The van der Waals surface area contributed by atoms with E-state index in [1.165, 1.54) is 0 Å². The predicted octanol–water partition coefficient (Wildman–Crippen LogP) is 2.39. The summed E-state index contributed by atoms with van der Waals surface area (Å²) in [4.78, 5) is 19.2. The molecule has 2 aromatic heterocycles. The van der Waals surface area contributed by atoms with Gasteiger partial charge in [-0.25, -0.2) is 4.98 Å². The summed E-state index contributed by atoms with van der Waals surface area (Å²) in [5, 5.41) is 11.6. The second kappa shape index (κ2) is 7.11. The van der Waals surface area contributed by atoms with Gasteiger partial charge in [-0.1, -0.05) is 30.3 Å². The Hall–Kier alpha value is -2.96.